The van der Waals surface area contributed by atoms with E-state index in [2.05, 4.69) is 34.4 Å². The molecule has 3 N–H and O–H groups in total. The fourth-order valence-electron chi connectivity index (χ4n) is 3.89. The van der Waals surface area contributed by atoms with Crippen molar-refractivity contribution in [2.45, 2.75) is 76.9 Å². The van der Waals surface area contributed by atoms with Gasteiger partial charge in [0.2, 0.25) is 0 Å². The van der Waals surface area contributed by atoms with Gasteiger partial charge in [0.15, 0.2) is 5.96 Å². The lowest BCUT2D eigenvalue weighted by molar-refractivity contribution is 0.0574. The molecule has 0 aromatic rings. The van der Waals surface area contributed by atoms with E-state index in [1.165, 1.54) is 32.2 Å². The van der Waals surface area contributed by atoms with E-state index in [4.69, 9.17) is 0 Å². The molecule has 0 aromatic carbocycles. The van der Waals surface area contributed by atoms with Crippen molar-refractivity contribution in [2.24, 2.45) is 4.99 Å². The molecule has 1 aliphatic carbocycles. The molecule has 0 aromatic heterocycles. The zero-order valence-corrected chi connectivity index (χ0v) is 15.1. The third-order valence-corrected chi connectivity index (χ3v) is 5.32. The summed E-state index contributed by atoms with van der Waals surface area (Å²) in [6.45, 7) is 8.97. The van der Waals surface area contributed by atoms with E-state index in [9.17, 15) is 5.11 Å². The summed E-state index contributed by atoms with van der Waals surface area (Å²) in [6, 6.07) is 0.754. The van der Waals surface area contributed by atoms with Gasteiger partial charge in [-0.25, -0.2) is 0 Å². The van der Waals surface area contributed by atoms with Crippen LogP contribution < -0.4 is 10.6 Å². The van der Waals surface area contributed by atoms with Crippen molar-refractivity contribution in [1.82, 2.24) is 15.5 Å². The SMILES string of the molecule is CCNC(=NCC1(O)CCCC1)NCCN1CCCCC1CC. The molecule has 1 heterocycles. The first-order valence-electron chi connectivity index (χ1n) is 9.65. The number of hydrogen-bond acceptors (Lipinski definition) is 3. The highest BCUT2D eigenvalue weighted by atomic mass is 16.3. The summed E-state index contributed by atoms with van der Waals surface area (Å²) < 4.78 is 0. The summed E-state index contributed by atoms with van der Waals surface area (Å²) in [5.41, 5.74) is -0.567. The molecule has 1 aliphatic heterocycles. The maximum Gasteiger partial charge on any atom is 0.191 e. The molecule has 0 amide bonds. The number of nitrogens with one attached hydrogen (secondary N) is 2. The van der Waals surface area contributed by atoms with E-state index in [0.29, 0.717) is 6.54 Å². The van der Waals surface area contributed by atoms with E-state index in [1.54, 1.807) is 0 Å². The van der Waals surface area contributed by atoms with Crippen molar-refractivity contribution >= 4 is 5.96 Å². The Kier molecular flexibility index (Phi) is 7.63. The number of piperidine rings is 1. The first-order valence-corrected chi connectivity index (χ1v) is 9.65. The quantitative estimate of drug-likeness (QED) is 0.496. The highest BCUT2D eigenvalue weighted by molar-refractivity contribution is 5.79. The minimum absolute atomic E-state index is 0.517. The zero-order chi connectivity index (χ0) is 16.5. The van der Waals surface area contributed by atoms with Gasteiger partial charge in [-0.2, -0.15) is 0 Å². The van der Waals surface area contributed by atoms with Gasteiger partial charge in [0, 0.05) is 25.7 Å². The van der Waals surface area contributed by atoms with Gasteiger partial charge in [-0.1, -0.05) is 26.2 Å². The fourth-order valence-corrected chi connectivity index (χ4v) is 3.89. The molecule has 23 heavy (non-hydrogen) atoms. The average molecular weight is 325 g/mol. The molecule has 2 rings (SSSR count). The summed E-state index contributed by atoms with van der Waals surface area (Å²) in [4.78, 5) is 7.23. The van der Waals surface area contributed by atoms with Crippen LogP contribution in [0.15, 0.2) is 4.99 Å². The summed E-state index contributed by atoms with van der Waals surface area (Å²) in [7, 11) is 0. The maximum atomic E-state index is 10.4. The van der Waals surface area contributed by atoms with Crippen LogP contribution in [-0.2, 0) is 0 Å². The van der Waals surface area contributed by atoms with Crippen LogP contribution in [0.1, 0.15) is 65.2 Å². The molecule has 1 saturated carbocycles. The largest absolute Gasteiger partial charge is 0.388 e. The Labute approximate surface area is 141 Å². The number of aliphatic imine (C=N–C) groups is 1. The molecule has 5 heteroatoms. The van der Waals surface area contributed by atoms with Gasteiger partial charge in [-0.15, -0.1) is 0 Å². The van der Waals surface area contributed by atoms with Crippen LogP contribution in [0, 0.1) is 0 Å². The smallest absolute Gasteiger partial charge is 0.191 e. The second-order valence-corrected chi connectivity index (χ2v) is 7.15. The maximum absolute atomic E-state index is 10.4. The van der Waals surface area contributed by atoms with E-state index in [0.717, 1.165) is 57.3 Å². The molecule has 1 saturated heterocycles. The number of nitrogens with zero attached hydrogens (tertiary/aromatic N) is 2. The molecule has 0 bridgehead atoms. The summed E-state index contributed by atoms with van der Waals surface area (Å²) >= 11 is 0. The van der Waals surface area contributed by atoms with Crippen LogP contribution in [0.4, 0.5) is 0 Å². The van der Waals surface area contributed by atoms with Gasteiger partial charge in [0.1, 0.15) is 0 Å². The third-order valence-electron chi connectivity index (χ3n) is 5.32. The van der Waals surface area contributed by atoms with Crippen LogP contribution in [0.25, 0.3) is 0 Å². The normalized spacial score (nSPS) is 25.5. The number of guanidine groups is 1. The van der Waals surface area contributed by atoms with Gasteiger partial charge in [-0.3, -0.25) is 9.89 Å². The van der Waals surface area contributed by atoms with Crippen LogP contribution in [0.5, 0.6) is 0 Å². The van der Waals surface area contributed by atoms with E-state index in [-0.39, 0.29) is 0 Å². The molecule has 134 valence electrons. The minimum atomic E-state index is -0.567. The predicted octanol–water partition coefficient (Wildman–Crippen LogP) is 2.11. The second-order valence-electron chi connectivity index (χ2n) is 7.15. The standard InChI is InChI=1S/C18H36N4O/c1-3-16-9-5-8-13-22(16)14-12-20-17(19-4-2)21-15-18(23)10-6-7-11-18/h16,23H,3-15H2,1-2H3,(H2,19,20,21). The van der Waals surface area contributed by atoms with Gasteiger partial charge in [0.25, 0.3) is 0 Å². The Hall–Kier alpha value is -0.810. The molecule has 1 unspecified atom stereocenters. The molecule has 0 radical (unpaired) electrons. The van der Waals surface area contributed by atoms with Crippen molar-refractivity contribution in [3.63, 3.8) is 0 Å². The number of rotatable bonds is 7. The van der Waals surface area contributed by atoms with Gasteiger partial charge < -0.3 is 15.7 Å². The average Bonchev–Trinajstić information content (AvgIpc) is 3.00. The van der Waals surface area contributed by atoms with Crippen molar-refractivity contribution in [3.05, 3.63) is 0 Å². The van der Waals surface area contributed by atoms with E-state index in [1.807, 2.05) is 0 Å². The Bertz CT molecular complexity index is 366. The summed E-state index contributed by atoms with van der Waals surface area (Å²) in [6.07, 6.45) is 9.35. The topological polar surface area (TPSA) is 59.9 Å². The minimum Gasteiger partial charge on any atom is -0.388 e. The number of hydrogen-bond donors (Lipinski definition) is 3. The van der Waals surface area contributed by atoms with Crippen molar-refractivity contribution < 1.29 is 5.11 Å². The predicted molar refractivity (Wildman–Crippen MR) is 96.9 cm³/mol. The van der Waals surface area contributed by atoms with Crippen molar-refractivity contribution in [3.8, 4) is 0 Å². The fraction of sp³-hybridized carbons (Fsp3) is 0.944. The van der Waals surface area contributed by atoms with Crippen molar-refractivity contribution in [2.75, 3.05) is 32.7 Å². The first-order chi connectivity index (χ1) is 11.2. The Morgan fingerprint density at radius 2 is 1.96 bits per heavy atom. The zero-order valence-electron chi connectivity index (χ0n) is 15.1. The van der Waals surface area contributed by atoms with Gasteiger partial charge in [-0.05, 0) is 45.6 Å². The van der Waals surface area contributed by atoms with Crippen LogP contribution in [0.3, 0.4) is 0 Å². The van der Waals surface area contributed by atoms with E-state index < -0.39 is 5.60 Å². The Morgan fingerprint density at radius 1 is 1.17 bits per heavy atom. The molecular weight excluding hydrogens is 288 g/mol. The molecule has 2 fully saturated rings. The van der Waals surface area contributed by atoms with Crippen LogP contribution in [0.2, 0.25) is 0 Å². The molecule has 0 spiro atoms. The molecule has 5 nitrogen and oxygen atoms in total. The van der Waals surface area contributed by atoms with Gasteiger partial charge in [0.05, 0.1) is 12.1 Å². The second kappa shape index (κ2) is 9.48. The monoisotopic (exact) mass is 324 g/mol. The highest BCUT2D eigenvalue weighted by Crippen LogP contribution is 2.29. The lowest BCUT2D eigenvalue weighted by Crippen LogP contribution is -2.46. The van der Waals surface area contributed by atoms with E-state index >= 15 is 0 Å². The number of aliphatic hydroxyl groups is 1. The van der Waals surface area contributed by atoms with Crippen LogP contribution >= 0.6 is 0 Å². The Balaban J connectivity index is 1.77. The highest BCUT2D eigenvalue weighted by Gasteiger charge is 2.30. The van der Waals surface area contributed by atoms with Crippen LogP contribution in [-0.4, -0.2) is 60.3 Å². The molecular formula is C18H36N4O. The molecule has 1 atom stereocenters. The Morgan fingerprint density at radius 3 is 2.65 bits per heavy atom. The number of likely N-dealkylation sites (tertiary alicyclic amines) is 1. The molecule has 2 aliphatic rings. The summed E-state index contributed by atoms with van der Waals surface area (Å²) in [5.74, 6) is 0.845. The lowest BCUT2D eigenvalue weighted by Gasteiger charge is -2.35. The van der Waals surface area contributed by atoms with Gasteiger partial charge >= 0.3 is 0 Å². The first kappa shape index (κ1) is 18.5. The lowest BCUT2D eigenvalue weighted by atomic mass is 10.0. The van der Waals surface area contributed by atoms with Crippen molar-refractivity contribution in [1.29, 1.82) is 0 Å². The third kappa shape index (κ3) is 5.96. The summed E-state index contributed by atoms with van der Waals surface area (Å²) in [5, 5.41) is 17.2.